The number of halogens is 2. The third kappa shape index (κ3) is 5.04. The summed E-state index contributed by atoms with van der Waals surface area (Å²) in [6.45, 7) is 2.47. The molecule has 2 heterocycles. The summed E-state index contributed by atoms with van der Waals surface area (Å²) in [4.78, 5) is 17.6. The van der Waals surface area contributed by atoms with Crippen LogP contribution in [-0.4, -0.2) is 25.2 Å². The molecule has 6 nitrogen and oxygen atoms in total. The standard InChI is InChI=1S/C21H17Cl2N5OS2/c1-13-2-4-14(5-3-13)19-25-26-20(30)28(19)12-18(29)24-21-27(8-9-31-21)11-15-6-7-16(22)10-17(15)23/h2-10H,11-12H2,1H3,(H,26,30). The largest absolute Gasteiger partial charge is 0.319 e. The van der Waals surface area contributed by atoms with Gasteiger partial charge in [0.2, 0.25) is 0 Å². The third-order valence-corrected chi connectivity index (χ3v) is 6.29. The fourth-order valence-corrected chi connectivity index (χ4v) is 4.41. The molecule has 2 aromatic carbocycles. The molecule has 0 fully saturated rings. The van der Waals surface area contributed by atoms with E-state index in [1.807, 2.05) is 53.4 Å². The lowest BCUT2D eigenvalue weighted by molar-refractivity contribution is -0.118. The van der Waals surface area contributed by atoms with Crippen LogP contribution in [0.1, 0.15) is 11.1 Å². The number of rotatable bonds is 5. The smallest absolute Gasteiger partial charge is 0.268 e. The zero-order chi connectivity index (χ0) is 22.0. The highest BCUT2D eigenvalue weighted by Crippen LogP contribution is 2.21. The molecule has 4 aromatic rings. The number of hydrogen-bond donors (Lipinski definition) is 1. The van der Waals surface area contributed by atoms with Crippen molar-refractivity contribution in [2.75, 3.05) is 0 Å². The summed E-state index contributed by atoms with van der Waals surface area (Å²) < 4.78 is 3.89. The van der Waals surface area contributed by atoms with Gasteiger partial charge in [-0.2, -0.15) is 10.1 Å². The number of H-pyrrole nitrogens is 1. The third-order valence-electron chi connectivity index (χ3n) is 4.60. The molecule has 0 aliphatic rings. The van der Waals surface area contributed by atoms with E-state index in [-0.39, 0.29) is 12.5 Å². The maximum atomic E-state index is 12.8. The van der Waals surface area contributed by atoms with E-state index < -0.39 is 0 Å². The summed E-state index contributed by atoms with van der Waals surface area (Å²) in [5, 5.41) is 10.1. The molecule has 0 spiro atoms. The first-order valence-electron chi connectivity index (χ1n) is 9.28. The predicted octanol–water partition coefficient (Wildman–Crippen LogP) is 5.26. The Hall–Kier alpha value is -2.52. The van der Waals surface area contributed by atoms with Crippen LogP contribution in [0.2, 0.25) is 10.0 Å². The van der Waals surface area contributed by atoms with Crippen LogP contribution in [0.25, 0.3) is 11.4 Å². The van der Waals surface area contributed by atoms with Crippen molar-refractivity contribution >= 4 is 52.7 Å². The molecule has 0 aliphatic carbocycles. The maximum absolute atomic E-state index is 12.8. The first kappa shape index (κ1) is 21.7. The summed E-state index contributed by atoms with van der Waals surface area (Å²) in [6.07, 6.45) is 1.86. The Morgan fingerprint density at radius 2 is 2.00 bits per heavy atom. The number of nitrogens with zero attached hydrogens (tertiary/aromatic N) is 4. The number of thiazole rings is 1. The van der Waals surface area contributed by atoms with Gasteiger partial charge in [0.15, 0.2) is 15.4 Å². The van der Waals surface area contributed by atoms with Crippen molar-refractivity contribution in [3.63, 3.8) is 0 Å². The lowest BCUT2D eigenvalue weighted by Crippen LogP contribution is -2.19. The molecule has 0 radical (unpaired) electrons. The molecule has 4 rings (SSSR count). The summed E-state index contributed by atoms with van der Waals surface area (Å²) in [5.74, 6) is 0.268. The minimum absolute atomic E-state index is 0.0157. The van der Waals surface area contributed by atoms with Crippen molar-refractivity contribution in [2.45, 2.75) is 20.0 Å². The van der Waals surface area contributed by atoms with Crippen molar-refractivity contribution in [2.24, 2.45) is 4.99 Å². The van der Waals surface area contributed by atoms with Crippen LogP contribution in [-0.2, 0) is 17.9 Å². The minimum Gasteiger partial charge on any atom is -0.319 e. The van der Waals surface area contributed by atoms with E-state index in [2.05, 4.69) is 15.2 Å². The molecule has 1 amide bonds. The number of benzene rings is 2. The number of hydrogen-bond acceptors (Lipinski definition) is 4. The number of carbonyl (C=O) groups is 1. The number of aromatic nitrogens is 4. The van der Waals surface area contributed by atoms with Gasteiger partial charge in [0.25, 0.3) is 5.91 Å². The molecule has 0 saturated heterocycles. The molecular weight excluding hydrogens is 473 g/mol. The highest BCUT2D eigenvalue weighted by molar-refractivity contribution is 7.71. The summed E-state index contributed by atoms with van der Waals surface area (Å²) in [7, 11) is 0. The van der Waals surface area contributed by atoms with Crippen molar-refractivity contribution in [3.8, 4) is 11.4 Å². The van der Waals surface area contributed by atoms with Crippen molar-refractivity contribution in [1.82, 2.24) is 19.3 Å². The van der Waals surface area contributed by atoms with Gasteiger partial charge in [-0.05, 0) is 36.8 Å². The fraction of sp³-hybridized carbons (Fsp3) is 0.143. The first-order chi connectivity index (χ1) is 14.9. The second-order valence-electron chi connectivity index (χ2n) is 6.86. The summed E-state index contributed by atoms with van der Waals surface area (Å²) in [6, 6.07) is 13.2. The van der Waals surface area contributed by atoms with Gasteiger partial charge in [-0.25, -0.2) is 0 Å². The topological polar surface area (TPSA) is 68.0 Å². The second-order valence-corrected chi connectivity index (χ2v) is 8.96. The average Bonchev–Trinajstić information content (AvgIpc) is 3.31. The molecule has 31 heavy (non-hydrogen) atoms. The minimum atomic E-state index is -0.329. The van der Waals surface area contributed by atoms with Crippen molar-refractivity contribution in [1.29, 1.82) is 0 Å². The van der Waals surface area contributed by atoms with Gasteiger partial charge in [-0.1, -0.05) is 59.1 Å². The Labute approximate surface area is 197 Å². The van der Waals surface area contributed by atoms with Crippen molar-refractivity contribution in [3.05, 3.63) is 84.8 Å². The van der Waals surface area contributed by atoms with E-state index in [1.165, 1.54) is 11.3 Å². The Morgan fingerprint density at radius 1 is 1.23 bits per heavy atom. The van der Waals surface area contributed by atoms with Crippen LogP contribution in [0.4, 0.5) is 0 Å². The molecule has 0 atom stereocenters. The van der Waals surface area contributed by atoms with E-state index in [0.29, 0.717) is 32.0 Å². The van der Waals surface area contributed by atoms with Crippen molar-refractivity contribution < 1.29 is 4.79 Å². The van der Waals surface area contributed by atoms with E-state index in [9.17, 15) is 4.79 Å². The molecule has 0 aliphatic heterocycles. The number of amides is 1. The first-order valence-corrected chi connectivity index (χ1v) is 11.3. The molecule has 2 aromatic heterocycles. The Morgan fingerprint density at radius 3 is 2.74 bits per heavy atom. The second kappa shape index (κ2) is 9.32. The van der Waals surface area contributed by atoms with Gasteiger partial charge >= 0.3 is 0 Å². The quantitative estimate of drug-likeness (QED) is 0.388. The van der Waals surface area contributed by atoms with Crippen LogP contribution in [0.3, 0.4) is 0 Å². The van der Waals surface area contributed by atoms with Crippen LogP contribution in [0.15, 0.2) is 59.0 Å². The maximum Gasteiger partial charge on any atom is 0.268 e. The lowest BCUT2D eigenvalue weighted by atomic mass is 10.1. The highest BCUT2D eigenvalue weighted by atomic mass is 35.5. The number of aromatic amines is 1. The predicted molar refractivity (Wildman–Crippen MR) is 126 cm³/mol. The Bertz CT molecular complexity index is 1370. The van der Waals surface area contributed by atoms with Gasteiger partial charge in [0, 0.05) is 27.2 Å². The Balaban J connectivity index is 1.59. The molecule has 10 heteroatoms. The molecule has 158 valence electrons. The van der Waals surface area contributed by atoms with Gasteiger partial charge in [0.05, 0.1) is 6.54 Å². The summed E-state index contributed by atoms with van der Waals surface area (Å²) >= 11 is 19.0. The van der Waals surface area contributed by atoms with Gasteiger partial charge in [-0.3, -0.25) is 14.5 Å². The van der Waals surface area contributed by atoms with Gasteiger partial charge in [-0.15, -0.1) is 11.3 Å². The monoisotopic (exact) mass is 489 g/mol. The SMILES string of the molecule is Cc1ccc(-c2n[nH]c(=S)n2CC(=O)N=c2sccn2Cc2ccc(Cl)cc2Cl)cc1. The molecule has 0 saturated carbocycles. The van der Waals surface area contributed by atoms with E-state index in [4.69, 9.17) is 35.4 Å². The molecule has 0 unspecified atom stereocenters. The van der Waals surface area contributed by atoms with E-state index >= 15 is 0 Å². The number of carbonyl (C=O) groups excluding carboxylic acids is 1. The zero-order valence-corrected chi connectivity index (χ0v) is 19.5. The average molecular weight is 490 g/mol. The van der Waals surface area contributed by atoms with E-state index in [1.54, 1.807) is 16.7 Å². The molecule has 1 N–H and O–H groups in total. The number of aryl methyl sites for hydroxylation is 1. The van der Waals surface area contributed by atoms with Gasteiger partial charge in [0.1, 0.15) is 6.54 Å². The highest BCUT2D eigenvalue weighted by Gasteiger charge is 2.12. The van der Waals surface area contributed by atoms with Gasteiger partial charge < -0.3 is 4.57 Å². The van der Waals surface area contributed by atoms with Crippen LogP contribution in [0.5, 0.6) is 0 Å². The fourth-order valence-electron chi connectivity index (χ4n) is 3.01. The van der Waals surface area contributed by atoms with Crippen LogP contribution in [0, 0.1) is 11.7 Å². The number of nitrogens with one attached hydrogen (secondary N) is 1. The molecule has 0 bridgehead atoms. The van der Waals surface area contributed by atoms with E-state index in [0.717, 1.165) is 16.7 Å². The summed E-state index contributed by atoms with van der Waals surface area (Å²) in [5.41, 5.74) is 2.89. The normalized spacial score (nSPS) is 11.8. The zero-order valence-electron chi connectivity index (χ0n) is 16.4. The van der Waals surface area contributed by atoms with Crippen LogP contribution >= 0.6 is 46.8 Å². The Kier molecular flexibility index (Phi) is 6.52. The van der Waals surface area contributed by atoms with Crippen LogP contribution < -0.4 is 4.80 Å². The molecular formula is C21H17Cl2N5OS2. The lowest BCUT2D eigenvalue weighted by Gasteiger charge is -2.07.